The maximum absolute atomic E-state index is 12.1. The lowest BCUT2D eigenvalue weighted by Gasteiger charge is -2.03. The van der Waals surface area contributed by atoms with Crippen LogP contribution < -0.4 is 5.32 Å². The molecule has 0 aliphatic rings. The molecule has 0 aliphatic heterocycles. The molecular weight excluding hydrogens is 314 g/mol. The number of nitrogens with zero attached hydrogens (tertiary/aromatic N) is 2. The fourth-order valence-corrected chi connectivity index (χ4v) is 2.63. The van der Waals surface area contributed by atoms with Gasteiger partial charge in [0.05, 0.1) is 12.2 Å². The number of rotatable bonds is 6. The van der Waals surface area contributed by atoms with Crippen molar-refractivity contribution < 1.29 is 9.59 Å². The zero-order chi connectivity index (χ0) is 17.8. The van der Waals surface area contributed by atoms with Crippen LogP contribution in [0.3, 0.4) is 0 Å². The van der Waals surface area contributed by atoms with Crippen molar-refractivity contribution in [3.05, 3.63) is 71.2 Å². The van der Waals surface area contributed by atoms with Crippen LogP contribution in [0.5, 0.6) is 0 Å². The first kappa shape index (κ1) is 16.9. The SMILES string of the molecule is Cc1ccc(C(=O)CCC(=O)NCc2cn3cc(C)ccc3n2)cc1. The van der Waals surface area contributed by atoms with Crippen LogP contribution in [0.2, 0.25) is 0 Å². The van der Waals surface area contributed by atoms with E-state index < -0.39 is 0 Å². The maximum Gasteiger partial charge on any atom is 0.220 e. The van der Waals surface area contributed by atoms with Gasteiger partial charge in [-0.2, -0.15) is 0 Å². The third-order valence-electron chi connectivity index (χ3n) is 4.07. The molecule has 0 aliphatic carbocycles. The van der Waals surface area contributed by atoms with Gasteiger partial charge in [-0.1, -0.05) is 35.9 Å². The van der Waals surface area contributed by atoms with Gasteiger partial charge in [-0.05, 0) is 25.5 Å². The fourth-order valence-electron chi connectivity index (χ4n) is 2.63. The molecule has 1 amide bonds. The lowest BCUT2D eigenvalue weighted by atomic mass is 10.1. The molecule has 0 bridgehead atoms. The van der Waals surface area contributed by atoms with Crippen LogP contribution in [0.15, 0.2) is 48.8 Å². The van der Waals surface area contributed by atoms with Crippen molar-refractivity contribution in [2.24, 2.45) is 0 Å². The van der Waals surface area contributed by atoms with Crippen molar-refractivity contribution in [2.75, 3.05) is 0 Å². The molecular formula is C20H21N3O2. The van der Waals surface area contributed by atoms with Gasteiger partial charge in [0.15, 0.2) is 5.78 Å². The number of carbonyl (C=O) groups is 2. The Morgan fingerprint density at radius 2 is 1.68 bits per heavy atom. The van der Waals surface area contributed by atoms with Crippen LogP contribution in [-0.2, 0) is 11.3 Å². The molecule has 0 unspecified atom stereocenters. The Labute approximate surface area is 146 Å². The molecule has 0 radical (unpaired) electrons. The lowest BCUT2D eigenvalue weighted by molar-refractivity contribution is -0.121. The van der Waals surface area contributed by atoms with E-state index in [-0.39, 0.29) is 24.5 Å². The van der Waals surface area contributed by atoms with Crippen LogP contribution in [0.25, 0.3) is 5.65 Å². The van der Waals surface area contributed by atoms with Gasteiger partial charge in [0, 0.05) is 30.8 Å². The third-order valence-corrected chi connectivity index (χ3v) is 4.07. The van der Waals surface area contributed by atoms with Crippen LogP contribution in [-0.4, -0.2) is 21.1 Å². The minimum atomic E-state index is -0.145. The molecule has 0 spiro atoms. The molecule has 3 aromatic rings. The number of fused-ring (bicyclic) bond motifs is 1. The zero-order valence-corrected chi connectivity index (χ0v) is 14.5. The van der Waals surface area contributed by atoms with Gasteiger partial charge >= 0.3 is 0 Å². The first-order valence-corrected chi connectivity index (χ1v) is 8.32. The minimum absolute atomic E-state index is 0.0154. The van der Waals surface area contributed by atoms with E-state index in [2.05, 4.69) is 10.3 Å². The summed E-state index contributed by atoms with van der Waals surface area (Å²) in [5.74, 6) is -0.160. The van der Waals surface area contributed by atoms with Crippen LogP contribution in [0, 0.1) is 13.8 Å². The number of Topliss-reactive ketones (excluding diaryl/α,β-unsaturated/α-hetero) is 1. The minimum Gasteiger partial charge on any atom is -0.350 e. The summed E-state index contributed by atoms with van der Waals surface area (Å²) in [6, 6.07) is 11.3. The Bertz CT molecular complexity index is 910. The van der Waals surface area contributed by atoms with Gasteiger partial charge in [0.1, 0.15) is 5.65 Å². The van der Waals surface area contributed by atoms with E-state index >= 15 is 0 Å². The van der Waals surface area contributed by atoms with Crippen LogP contribution in [0.1, 0.15) is 40.0 Å². The molecule has 1 N–H and O–H groups in total. The Morgan fingerprint density at radius 1 is 0.960 bits per heavy atom. The second-order valence-electron chi connectivity index (χ2n) is 6.27. The highest BCUT2D eigenvalue weighted by Crippen LogP contribution is 2.09. The first-order chi connectivity index (χ1) is 12.0. The average molecular weight is 335 g/mol. The van der Waals surface area contributed by atoms with Gasteiger partial charge in [-0.3, -0.25) is 9.59 Å². The molecule has 0 saturated heterocycles. The molecule has 2 aromatic heterocycles. The summed E-state index contributed by atoms with van der Waals surface area (Å²) >= 11 is 0. The quantitative estimate of drug-likeness (QED) is 0.704. The molecule has 0 fully saturated rings. The number of aromatic nitrogens is 2. The largest absolute Gasteiger partial charge is 0.350 e. The van der Waals surface area contributed by atoms with E-state index in [1.165, 1.54) is 0 Å². The summed E-state index contributed by atoms with van der Waals surface area (Å²) in [4.78, 5) is 28.5. The monoisotopic (exact) mass is 335 g/mol. The number of hydrogen-bond donors (Lipinski definition) is 1. The van der Waals surface area contributed by atoms with E-state index in [4.69, 9.17) is 0 Å². The van der Waals surface area contributed by atoms with Gasteiger partial charge < -0.3 is 9.72 Å². The Balaban J connectivity index is 1.50. The van der Waals surface area contributed by atoms with Crippen molar-refractivity contribution in [1.82, 2.24) is 14.7 Å². The molecule has 0 saturated carbocycles. The fraction of sp³-hybridized carbons (Fsp3) is 0.250. The van der Waals surface area contributed by atoms with Gasteiger partial charge in [-0.25, -0.2) is 4.98 Å². The second-order valence-corrected chi connectivity index (χ2v) is 6.27. The molecule has 5 nitrogen and oxygen atoms in total. The topological polar surface area (TPSA) is 63.5 Å². The first-order valence-electron chi connectivity index (χ1n) is 8.32. The predicted octanol–water partition coefficient (Wildman–Crippen LogP) is 3.23. The predicted molar refractivity (Wildman–Crippen MR) is 96.5 cm³/mol. The Hall–Kier alpha value is -2.95. The van der Waals surface area contributed by atoms with Crippen LogP contribution in [0.4, 0.5) is 0 Å². The molecule has 1 aromatic carbocycles. The van der Waals surface area contributed by atoms with Crippen molar-refractivity contribution in [1.29, 1.82) is 0 Å². The highest BCUT2D eigenvalue weighted by atomic mass is 16.2. The molecule has 128 valence electrons. The van der Waals surface area contributed by atoms with Crippen LogP contribution >= 0.6 is 0 Å². The van der Waals surface area contributed by atoms with E-state index in [9.17, 15) is 9.59 Å². The summed E-state index contributed by atoms with van der Waals surface area (Å²) in [5, 5.41) is 2.82. The lowest BCUT2D eigenvalue weighted by Crippen LogP contribution is -2.23. The van der Waals surface area contributed by atoms with E-state index in [0.717, 1.165) is 22.5 Å². The number of imidazole rings is 1. The molecule has 5 heteroatoms. The molecule has 3 rings (SSSR count). The number of amides is 1. The van der Waals surface area contributed by atoms with Gasteiger partial charge in [0.2, 0.25) is 5.91 Å². The Kier molecular flexibility index (Phi) is 4.93. The smallest absolute Gasteiger partial charge is 0.220 e. The summed E-state index contributed by atoms with van der Waals surface area (Å²) in [6.45, 7) is 4.35. The standard InChI is InChI=1S/C20H21N3O2/c1-14-3-6-16(7-4-14)18(24)8-10-20(25)21-11-17-13-23-12-15(2)5-9-19(23)22-17/h3-7,9,12-13H,8,10-11H2,1-2H3,(H,21,25). The van der Waals surface area contributed by atoms with Crippen molar-refractivity contribution in [3.63, 3.8) is 0 Å². The molecule has 2 heterocycles. The number of hydrogen-bond acceptors (Lipinski definition) is 3. The summed E-state index contributed by atoms with van der Waals surface area (Å²) in [5.41, 5.74) is 4.55. The van der Waals surface area contributed by atoms with Crippen molar-refractivity contribution in [3.8, 4) is 0 Å². The van der Waals surface area contributed by atoms with Gasteiger partial charge in [-0.15, -0.1) is 0 Å². The highest BCUT2D eigenvalue weighted by Gasteiger charge is 2.10. The third kappa shape index (κ3) is 4.32. The number of ketones is 1. The van der Waals surface area contributed by atoms with Crippen molar-refractivity contribution >= 4 is 17.3 Å². The molecule has 0 atom stereocenters. The normalized spacial score (nSPS) is 10.8. The zero-order valence-electron chi connectivity index (χ0n) is 14.5. The second kappa shape index (κ2) is 7.30. The summed E-state index contributed by atoms with van der Waals surface area (Å²) < 4.78 is 1.94. The van der Waals surface area contributed by atoms with Crippen molar-refractivity contribution in [2.45, 2.75) is 33.2 Å². The number of pyridine rings is 1. The van der Waals surface area contributed by atoms with E-state index in [0.29, 0.717) is 12.1 Å². The molecule has 25 heavy (non-hydrogen) atoms. The average Bonchev–Trinajstić information content (AvgIpc) is 3.00. The van der Waals surface area contributed by atoms with E-state index in [1.807, 2.05) is 54.9 Å². The maximum atomic E-state index is 12.1. The Morgan fingerprint density at radius 3 is 2.44 bits per heavy atom. The van der Waals surface area contributed by atoms with E-state index in [1.54, 1.807) is 12.1 Å². The summed E-state index contributed by atoms with van der Waals surface area (Å²) in [6.07, 6.45) is 4.28. The number of benzene rings is 1. The number of aryl methyl sites for hydroxylation is 2. The number of nitrogens with one attached hydrogen (secondary N) is 1. The highest BCUT2D eigenvalue weighted by molar-refractivity contribution is 5.97. The summed E-state index contributed by atoms with van der Waals surface area (Å²) in [7, 11) is 0. The van der Waals surface area contributed by atoms with Gasteiger partial charge in [0.25, 0.3) is 0 Å². The number of carbonyl (C=O) groups excluding carboxylic acids is 2.